The van der Waals surface area contributed by atoms with E-state index in [9.17, 15) is 9.59 Å². The summed E-state index contributed by atoms with van der Waals surface area (Å²) in [5, 5.41) is 0. The Morgan fingerprint density at radius 3 is 1.86 bits per heavy atom. The van der Waals surface area contributed by atoms with E-state index in [1.165, 1.54) is 0 Å². The summed E-state index contributed by atoms with van der Waals surface area (Å²) >= 11 is 1.60. The molecule has 0 heterocycles. The maximum absolute atomic E-state index is 12.2. The van der Waals surface area contributed by atoms with Crippen LogP contribution in [0.3, 0.4) is 0 Å². The zero-order valence-electron chi connectivity index (χ0n) is 15.3. The van der Waals surface area contributed by atoms with E-state index in [2.05, 4.69) is 10.9 Å². The predicted octanol–water partition coefficient (Wildman–Crippen LogP) is 4.06. The van der Waals surface area contributed by atoms with Crippen LogP contribution in [0.2, 0.25) is 0 Å². The van der Waals surface area contributed by atoms with Gasteiger partial charge in [0.25, 0.3) is 11.8 Å². The molecule has 0 aliphatic carbocycles. The minimum absolute atomic E-state index is 0.367. The maximum Gasteiger partial charge on any atom is 0.269 e. The highest BCUT2D eigenvalue weighted by atomic mass is 32.2. The van der Waals surface area contributed by atoms with Gasteiger partial charge in [-0.05, 0) is 60.4 Å². The molecule has 0 fully saturated rings. The van der Waals surface area contributed by atoms with Crippen molar-refractivity contribution in [3.8, 4) is 5.75 Å². The molecule has 0 saturated heterocycles. The van der Waals surface area contributed by atoms with Crippen LogP contribution < -0.4 is 15.6 Å². The van der Waals surface area contributed by atoms with Crippen molar-refractivity contribution in [3.63, 3.8) is 0 Å². The molecule has 0 bridgehead atoms. The molecule has 0 aliphatic rings. The molecule has 0 atom stereocenters. The molecule has 0 spiro atoms. The number of amides is 2. The summed E-state index contributed by atoms with van der Waals surface area (Å²) in [5.74, 6) is 0.0380. The Hall–Kier alpha value is -3.25. The minimum atomic E-state index is -0.385. The number of nitrogens with one attached hydrogen (secondary N) is 2. The summed E-state index contributed by atoms with van der Waals surface area (Å²) < 4.78 is 5.68. The van der Waals surface area contributed by atoms with E-state index in [0.717, 1.165) is 16.2 Å². The fourth-order valence-corrected chi connectivity index (χ4v) is 2.84. The molecule has 0 aliphatic heterocycles. The van der Waals surface area contributed by atoms with E-state index in [-0.39, 0.29) is 11.8 Å². The van der Waals surface area contributed by atoms with Gasteiger partial charge in [-0.2, -0.15) is 0 Å². The number of carbonyl (C=O) groups is 2. The molecular weight excluding hydrogens is 372 g/mol. The predicted molar refractivity (Wildman–Crippen MR) is 110 cm³/mol. The number of thioether (sulfide) groups is 1. The largest absolute Gasteiger partial charge is 0.489 e. The molecule has 2 N–H and O–H groups in total. The van der Waals surface area contributed by atoms with Crippen molar-refractivity contribution in [1.29, 1.82) is 0 Å². The standard InChI is InChI=1S/C22H20N2O3S/c1-28-20-13-11-18(12-14-20)22(26)24-23-21(25)17-9-7-16(8-10-17)15-27-19-5-3-2-4-6-19/h2-14H,15H2,1H3,(H,23,25)(H,24,26). The molecule has 0 unspecified atom stereocenters. The van der Waals surface area contributed by atoms with E-state index in [1.807, 2.05) is 60.9 Å². The zero-order chi connectivity index (χ0) is 19.8. The highest BCUT2D eigenvalue weighted by Gasteiger charge is 2.09. The van der Waals surface area contributed by atoms with Gasteiger partial charge in [-0.25, -0.2) is 0 Å². The van der Waals surface area contributed by atoms with Crippen LogP contribution in [0.1, 0.15) is 26.3 Å². The number of hydrogen-bond acceptors (Lipinski definition) is 4. The highest BCUT2D eigenvalue weighted by molar-refractivity contribution is 7.98. The van der Waals surface area contributed by atoms with Crippen LogP contribution in [-0.4, -0.2) is 18.1 Å². The smallest absolute Gasteiger partial charge is 0.269 e. The number of rotatable bonds is 6. The molecule has 2 amide bonds. The average Bonchev–Trinajstić information content (AvgIpc) is 2.77. The van der Waals surface area contributed by atoms with E-state index < -0.39 is 0 Å². The molecule has 0 aromatic heterocycles. The van der Waals surface area contributed by atoms with Crippen molar-refractivity contribution in [2.24, 2.45) is 0 Å². The van der Waals surface area contributed by atoms with E-state index in [4.69, 9.17) is 4.74 Å². The lowest BCUT2D eigenvalue weighted by Gasteiger charge is -2.09. The van der Waals surface area contributed by atoms with E-state index in [0.29, 0.717) is 17.7 Å². The quantitative estimate of drug-likeness (QED) is 0.490. The van der Waals surface area contributed by atoms with Crippen molar-refractivity contribution < 1.29 is 14.3 Å². The molecule has 0 radical (unpaired) electrons. The van der Waals surface area contributed by atoms with Crippen LogP contribution in [-0.2, 0) is 6.61 Å². The van der Waals surface area contributed by atoms with Gasteiger partial charge in [-0.1, -0.05) is 30.3 Å². The summed E-state index contributed by atoms with van der Waals surface area (Å²) in [6.07, 6.45) is 1.97. The Morgan fingerprint density at radius 1 is 0.786 bits per heavy atom. The third kappa shape index (κ3) is 5.37. The monoisotopic (exact) mass is 392 g/mol. The van der Waals surface area contributed by atoms with Gasteiger partial charge in [0.05, 0.1) is 0 Å². The zero-order valence-corrected chi connectivity index (χ0v) is 16.2. The first-order chi connectivity index (χ1) is 13.7. The summed E-state index contributed by atoms with van der Waals surface area (Å²) in [6.45, 7) is 0.411. The van der Waals surface area contributed by atoms with Crippen LogP contribution in [0.5, 0.6) is 5.75 Å². The Bertz CT molecular complexity index is 926. The third-order valence-corrected chi connectivity index (χ3v) is 4.75. The van der Waals surface area contributed by atoms with Crippen molar-refractivity contribution in [2.75, 3.05) is 6.26 Å². The first-order valence-electron chi connectivity index (χ1n) is 8.67. The topological polar surface area (TPSA) is 67.4 Å². The molecule has 0 saturated carbocycles. The van der Waals surface area contributed by atoms with Gasteiger partial charge >= 0.3 is 0 Å². The highest BCUT2D eigenvalue weighted by Crippen LogP contribution is 2.15. The normalized spacial score (nSPS) is 10.2. The van der Waals surface area contributed by atoms with Gasteiger partial charge in [0.15, 0.2) is 0 Å². The van der Waals surface area contributed by atoms with Gasteiger partial charge in [-0.3, -0.25) is 20.4 Å². The van der Waals surface area contributed by atoms with Gasteiger partial charge < -0.3 is 4.74 Å². The third-order valence-electron chi connectivity index (χ3n) is 4.01. The molecule has 3 aromatic carbocycles. The molecule has 5 nitrogen and oxygen atoms in total. The molecule has 3 rings (SSSR count). The Morgan fingerprint density at radius 2 is 1.32 bits per heavy atom. The first kappa shape index (κ1) is 19.5. The Kier molecular flexibility index (Phi) is 6.70. The van der Waals surface area contributed by atoms with Crippen LogP contribution in [0.25, 0.3) is 0 Å². The molecule has 3 aromatic rings. The van der Waals surface area contributed by atoms with Gasteiger partial charge in [0, 0.05) is 16.0 Å². The van der Waals surface area contributed by atoms with Gasteiger partial charge in [0.2, 0.25) is 0 Å². The lowest BCUT2D eigenvalue weighted by atomic mass is 10.1. The van der Waals surface area contributed by atoms with Crippen LogP contribution in [0.15, 0.2) is 83.8 Å². The van der Waals surface area contributed by atoms with Gasteiger partial charge in [0.1, 0.15) is 12.4 Å². The van der Waals surface area contributed by atoms with Gasteiger partial charge in [-0.15, -0.1) is 11.8 Å². The van der Waals surface area contributed by atoms with Crippen molar-refractivity contribution in [2.45, 2.75) is 11.5 Å². The fraction of sp³-hybridized carbons (Fsp3) is 0.0909. The van der Waals surface area contributed by atoms with Crippen molar-refractivity contribution in [3.05, 3.63) is 95.6 Å². The first-order valence-corrected chi connectivity index (χ1v) is 9.90. The lowest BCUT2D eigenvalue weighted by Crippen LogP contribution is -2.41. The average molecular weight is 392 g/mol. The number of hydrazine groups is 1. The van der Waals surface area contributed by atoms with Crippen LogP contribution in [0.4, 0.5) is 0 Å². The molecule has 28 heavy (non-hydrogen) atoms. The summed E-state index contributed by atoms with van der Waals surface area (Å²) in [6, 6.07) is 23.7. The summed E-state index contributed by atoms with van der Waals surface area (Å²) in [5.41, 5.74) is 6.72. The number of carbonyl (C=O) groups excluding carboxylic acids is 2. The van der Waals surface area contributed by atoms with E-state index >= 15 is 0 Å². The van der Waals surface area contributed by atoms with Crippen molar-refractivity contribution >= 4 is 23.6 Å². The van der Waals surface area contributed by atoms with Crippen molar-refractivity contribution in [1.82, 2.24) is 10.9 Å². The number of hydrogen-bond donors (Lipinski definition) is 2. The van der Waals surface area contributed by atoms with Crippen LogP contribution >= 0.6 is 11.8 Å². The maximum atomic E-state index is 12.2. The Balaban J connectivity index is 1.50. The fourth-order valence-electron chi connectivity index (χ4n) is 2.44. The second-order valence-corrected chi connectivity index (χ2v) is 6.82. The lowest BCUT2D eigenvalue weighted by molar-refractivity contribution is 0.0846. The second-order valence-electron chi connectivity index (χ2n) is 5.94. The summed E-state index contributed by atoms with van der Waals surface area (Å²) in [4.78, 5) is 25.4. The minimum Gasteiger partial charge on any atom is -0.489 e. The number of para-hydroxylation sites is 1. The molecular formula is C22H20N2O3S. The second kappa shape index (κ2) is 9.62. The number of ether oxygens (including phenoxy) is 1. The van der Waals surface area contributed by atoms with E-state index in [1.54, 1.807) is 36.0 Å². The SMILES string of the molecule is CSc1ccc(C(=O)NNC(=O)c2ccc(COc3ccccc3)cc2)cc1. The van der Waals surface area contributed by atoms with Crippen LogP contribution in [0, 0.1) is 0 Å². The summed E-state index contributed by atoms with van der Waals surface area (Å²) in [7, 11) is 0. The Labute approximate surface area is 168 Å². The number of benzene rings is 3. The molecule has 6 heteroatoms. The molecule has 142 valence electrons.